The van der Waals surface area contributed by atoms with Crippen molar-refractivity contribution < 1.29 is 24.2 Å². The van der Waals surface area contributed by atoms with Crippen LogP contribution in [0.4, 0.5) is 4.79 Å². The number of amides is 1. The molecule has 1 atom stereocenters. The lowest BCUT2D eigenvalue weighted by Gasteiger charge is -2.14. The number of nitrogens with two attached hydrogens (primary N) is 1. The Hall–Kier alpha value is -1.77. The van der Waals surface area contributed by atoms with Gasteiger partial charge in [-0.05, 0) is 66.6 Å². The molecule has 3 N–H and O–H groups in total. The third kappa shape index (κ3) is 10.6. The van der Waals surface area contributed by atoms with Crippen molar-refractivity contribution in [2.75, 3.05) is 6.61 Å². The average Bonchev–Trinajstić information content (AvgIpc) is 2.59. The highest BCUT2D eigenvalue weighted by Gasteiger charge is 2.13. The van der Waals surface area contributed by atoms with Crippen LogP contribution in [0.5, 0.6) is 5.75 Å². The van der Waals surface area contributed by atoms with Crippen molar-refractivity contribution in [3.05, 3.63) is 39.5 Å². The molecule has 0 bridgehead atoms. The molecule has 0 aliphatic rings. The Labute approximate surface area is 162 Å². The fraction of sp³-hybridized carbons (Fsp3) is 0.444. The van der Waals surface area contributed by atoms with Crippen LogP contribution in [0, 0.1) is 0 Å². The van der Waals surface area contributed by atoms with Gasteiger partial charge < -0.3 is 20.3 Å². The van der Waals surface area contributed by atoms with Crippen LogP contribution in [0.15, 0.2) is 33.9 Å². The molecule has 1 aromatic rings. The number of esters is 1. The van der Waals surface area contributed by atoms with Gasteiger partial charge in [0.25, 0.3) is 0 Å². The first-order valence-corrected chi connectivity index (χ1v) is 9.17. The molecule has 0 spiro atoms. The largest absolute Gasteiger partial charge is 0.508 e. The summed E-state index contributed by atoms with van der Waals surface area (Å²) in [6.07, 6.45) is 3.67. The molecule has 25 heavy (non-hydrogen) atoms. The smallest absolute Gasteiger partial charge is 0.405 e. The number of allylic oxidation sites excluding steroid dienone is 1. The van der Waals surface area contributed by atoms with Crippen molar-refractivity contribution >= 4 is 34.7 Å². The Morgan fingerprint density at radius 3 is 2.28 bits per heavy atom. The molecule has 0 aliphatic carbocycles. The number of rotatable bonds is 7. The second-order valence-electron chi connectivity index (χ2n) is 5.07. The van der Waals surface area contributed by atoms with E-state index < -0.39 is 6.09 Å². The molecule has 0 heterocycles. The maximum atomic E-state index is 11.2. The Kier molecular flexibility index (Phi) is 12.6. The zero-order valence-electron chi connectivity index (χ0n) is 14.8. The molecular weight excluding hydrogens is 437 g/mol. The average molecular weight is 463 g/mol. The van der Waals surface area contributed by atoms with Crippen LogP contribution in [0.1, 0.15) is 50.4 Å². The topological polar surface area (TPSA) is 98.9 Å². The molecule has 0 saturated carbocycles. The van der Waals surface area contributed by atoms with Gasteiger partial charge in [0.2, 0.25) is 0 Å². The Morgan fingerprint density at radius 2 is 1.84 bits per heavy atom. The standard InChI is InChI=1S/C10H12O3.C8H14INO2/c1-2-7-13-10(12)8-3-5-9(11)6-4-8;1-3-5-7(6(9)4-2)12-8(10)11/h3-6,11H,2,7H2,1H3;4,7H,3,5H2,1-2H3,(H2,10,11). The summed E-state index contributed by atoms with van der Waals surface area (Å²) in [5, 5.41) is 8.96. The third-order valence-corrected chi connectivity index (χ3v) is 4.25. The van der Waals surface area contributed by atoms with Gasteiger partial charge in [-0.25, -0.2) is 9.59 Å². The number of ether oxygens (including phenoxy) is 2. The molecule has 0 aliphatic heterocycles. The number of hydrogen-bond donors (Lipinski definition) is 2. The predicted molar refractivity (Wildman–Crippen MR) is 106 cm³/mol. The van der Waals surface area contributed by atoms with E-state index in [0.717, 1.165) is 22.8 Å². The van der Waals surface area contributed by atoms with Crippen LogP contribution in [-0.4, -0.2) is 29.9 Å². The van der Waals surface area contributed by atoms with Gasteiger partial charge in [-0.2, -0.15) is 0 Å². The van der Waals surface area contributed by atoms with E-state index in [0.29, 0.717) is 12.2 Å². The number of benzene rings is 1. The van der Waals surface area contributed by atoms with Crippen LogP contribution in [-0.2, 0) is 9.47 Å². The fourth-order valence-electron chi connectivity index (χ4n) is 1.72. The normalized spacial score (nSPS) is 11.8. The van der Waals surface area contributed by atoms with Crippen LogP contribution in [0.3, 0.4) is 0 Å². The van der Waals surface area contributed by atoms with Gasteiger partial charge in [-0.1, -0.05) is 26.3 Å². The highest BCUT2D eigenvalue weighted by Crippen LogP contribution is 2.19. The summed E-state index contributed by atoms with van der Waals surface area (Å²) in [4.78, 5) is 21.7. The van der Waals surface area contributed by atoms with E-state index in [1.807, 2.05) is 26.8 Å². The highest BCUT2D eigenvalue weighted by atomic mass is 127. The third-order valence-electron chi connectivity index (χ3n) is 2.93. The van der Waals surface area contributed by atoms with Crippen molar-refractivity contribution in [3.8, 4) is 5.75 Å². The monoisotopic (exact) mass is 463 g/mol. The summed E-state index contributed by atoms with van der Waals surface area (Å²) in [7, 11) is 0. The molecule has 140 valence electrons. The van der Waals surface area contributed by atoms with Gasteiger partial charge in [0.1, 0.15) is 11.9 Å². The molecule has 1 aromatic carbocycles. The van der Waals surface area contributed by atoms with Gasteiger partial charge in [0, 0.05) is 3.58 Å². The number of carbonyl (C=O) groups excluding carboxylic acids is 2. The number of carbonyl (C=O) groups is 2. The van der Waals surface area contributed by atoms with Gasteiger partial charge in [-0.3, -0.25) is 0 Å². The summed E-state index contributed by atoms with van der Waals surface area (Å²) >= 11 is 2.15. The van der Waals surface area contributed by atoms with Crippen LogP contribution < -0.4 is 5.73 Å². The van der Waals surface area contributed by atoms with Gasteiger partial charge in [0.05, 0.1) is 12.2 Å². The van der Waals surface area contributed by atoms with Crippen LogP contribution in [0.2, 0.25) is 0 Å². The van der Waals surface area contributed by atoms with Crippen LogP contribution in [0.25, 0.3) is 0 Å². The number of phenols is 1. The first-order chi connectivity index (χ1) is 11.8. The fourth-order valence-corrected chi connectivity index (χ4v) is 2.16. The molecule has 7 heteroatoms. The van der Waals surface area contributed by atoms with E-state index in [4.69, 9.17) is 20.3 Å². The van der Waals surface area contributed by atoms with E-state index in [2.05, 4.69) is 22.6 Å². The van der Waals surface area contributed by atoms with Crippen molar-refractivity contribution in [1.82, 2.24) is 0 Å². The molecule has 1 rings (SSSR count). The minimum absolute atomic E-state index is 0.145. The lowest BCUT2D eigenvalue weighted by atomic mass is 10.2. The Balaban J connectivity index is 0.000000463. The molecule has 0 radical (unpaired) electrons. The maximum Gasteiger partial charge on any atom is 0.405 e. The number of phenolic OH excluding ortho intramolecular Hbond substituents is 1. The summed E-state index contributed by atoms with van der Waals surface area (Å²) < 4.78 is 10.8. The van der Waals surface area contributed by atoms with E-state index in [1.165, 1.54) is 24.3 Å². The van der Waals surface area contributed by atoms with E-state index in [-0.39, 0.29) is 17.8 Å². The van der Waals surface area contributed by atoms with Crippen molar-refractivity contribution in [2.24, 2.45) is 5.73 Å². The quantitative estimate of drug-likeness (QED) is 0.457. The minimum Gasteiger partial charge on any atom is -0.508 e. The predicted octanol–water partition coefficient (Wildman–Crippen LogP) is 4.55. The molecule has 1 unspecified atom stereocenters. The van der Waals surface area contributed by atoms with Crippen molar-refractivity contribution in [2.45, 2.75) is 46.1 Å². The van der Waals surface area contributed by atoms with E-state index in [9.17, 15) is 9.59 Å². The lowest BCUT2D eigenvalue weighted by Crippen LogP contribution is -2.22. The van der Waals surface area contributed by atoms with Crippen molar-refractivity contribution in [3.63, 3.8) is 0 Å². The molecular formula is C18H26INO5. The highest BCUT2D eigenvalue weighted by molar-refractivity contribution is 14.1. The number of hydrogen-bond acceptors (Lipinski definition) is 5. The zero-order chi connectivity index (χ0) is 19.2. The number of halogens is 1. The van der Waals surface area contributed by atoms with E-state index >= 15 is 0 Å². The molecule has 0 saturated heterocycles. The Morgan fingerprint density at radius 1 is 1.24 bits per heavy atom. The second kappa shape index (κ2) is 13.5. The van der Waals surface area contributed by atoms with Gasteiger partial charge >= 0.3 is 12.1 Å². The van der Waals surface area contributed by atoms with E-state index in [1.54, 1.807) is 0 Å². The molecule has 0 fully saturated rings. The SMILES string of the molecule is CC=C(I)C(CCC)OC(N)=O.CCCOC(=O)c1ccc(O)cc1. The van der Waals surface area contributed by atoms with Gasteiger partial charge in [0.15, 0.2) is 0 Å². The Bertz CT molecular complexity index is 557. The summed E-state index contributed by atoms with van der Waals surface area (Å²) in [6.45, 7) is 6.32. The summed E-state index contributed by atoms with van der Waals surface area (Å²) in [6, 6.07) is 5.99. The first kappa shape index (κ1) is 23.2. The second-order valence-corrected chi connectivity index (χ2v) is 6.32. The maximum absolute atomic E-state index is 11.2. The zero-order valence-corrected chi connectivity index (χ0v) is 17.0. The van der Waals surface area contributed by atoms with Gasteiger partial charge in [-0.15, -0.1) is 0 Å². The summed E-state index contributed by atoms with van der Waals surface area (Å²) in [5.74, 6) is -0.200. The lowest BCUT2D eigenvalue weighted by molar-refractivity contribution is 0.0505. The number of aromatic hydroxyl groups is 1. The molecule has 0 aromatic heterocycles. The summed E-state index contributed by atoms with van der Waals surface area (Å²) in [5.41, 5.74) is 5.39. The van der Waals surface area contributed by atoms with Crippen molar-refractivity contribution in [1.29, 1.82) is 0 Å². The number of primary amides is 1. The minimum atomic E-state index is -0.704. The van der Waals surface area contributed by atoms with Crippen LogP contribution >= 0.6 is 22.6 Å². The molecule has 6 nitrogen and oxygen atoms in total. The first-order valence-electron chi connectivity index (χ1n) is 8.09. The molecule has 1 amide bonds.